The van der Waals surface area contributed by atoms with Crippen LogP contribution in [-0.4, -0.2) is 48.8 Å². The number of aliphatic hydroxyl groups is 1. The molecule has 178 valence electrons. The third-order valence-electron chi connectivity index (χ3n) is 6.98. The molecule has 1 saturated carbocycles. The zero-order chi connectivity index (χ0) is 23.6. The lowest BCUT2D eigenvalue weighted by Gasteiger charge is -2.52. The number of amides is 1. The first kappa shape index (κ1) is 24.1. The summed E-state index contributed by atoms with van der Waals surface area (Å²) in [5.41, 5.74) is 0.704. The van der Waals surface area contributed by atoms with Gasteiger partial charge in [0.2, 0.25) is 5.91 Å². The second kappa shape index (κ2) is 10.1. The van der Waals surface area contributed by atoms with Crippen LogP contribution in [0, 0.1) is 5.92 Å². The van der Waals surface area contributed by atoms with E-state index in [9.17, 15) is 9.90 Å². The monoisotopic (exact) mass is 492 g/mol. The van der Waals surface area contributed by atoms with E-state index >= 15 is 0 Å². The maximum atomic E-state index is 13.0. The van der Waals surface area contributed by atoms with Crippen LogP contribution in [0.1, 0.15) is 43.7 Å². The average Bonchev–Trinajstić information content (AvgIpc) is 2.80. The summed E-state index contributed by atoms with van der Waals surface area (Å²) in [5, 5.41) is 15.3. The summed E-state index contributed by atoms with van der Waals surface area (Å²) >= 11 is 12.2. The van der Waals surface area contributed by atoms with Crippen LogP contribution in [0.4, 0.5) is 5.69 Å². The number of carbonyl (C=O) groups is 1. The molecule has 8 heteroatoms. The minimum absolute atomic E-state index is 0.00655. The Labute approximate surface area is 204 Å². The van der Waals surface area contributed by atoms with Gasteiger partial charge in [0.15, 0.2) is 0 Å². The summed E-state index contributed by atoms with van der Waals surface area (Å²) in [7, 11) is 3.27. The minimum Gasteiger partial charge on any atom is -0.497 e. The second-order valence-corrected chi connectivity index (χ2v) is 9.75. The highest BCUT2D eigenvalue weighted by Gasteiger charge is 2.50. The maximum Gasteiger partial charge on any atom is 0.238 e. The molecule has 0 radical (unpaired) electrons. The molecule has 2 aromatic carbocycles. The van der Waals surface area contributed by atoms with Gasteiger partial charge >= 0.3 is 0 Å². The lowest BCUT2D eigenvalue weighted by atomic mass is 9.66. The van der Waals surface area contributed by atoms with E-state index in [1.54, 1.807) is 32.4 Å². The number of fused-ring (bicyclic) bond motifs is 1. The van der Waals surface area contributed by atoms with Crippen LogP contribution in [0.2, 0.25) is 10.0 Å². The Hall–Kier alpha value is -1.99. The fourth-order valence-corrected chi connectivity index (χ4v) is 5.82. The van der Waals surface area contributed by atoms with Crippen molar-refractivity contribution in [1.29, 1.82) is 0 Å². The smallest absolute Gasteiger partial charge is 0.238 e. The standard InChI is InChI=1S/C25H30Cl2N2O4/c1-32-17-7-9-22(33-2)18(14-17)24-19-5-3-4-10-25(19,31)11-12-29(24)15-23(30)28-21-8-6-16(26)13-20(21)27/h6-9,13-14,19,24,31H,3-5,10-12,15H2,1-2H3,(H,28,30)/t19-,24+,25-/m0/s1. The Morgan fingerprint density at radius 1 is 1.15 bits per heavy atom. The van der Waals surface area contributed by atoms with Crippen molar-refractivity contribution in [3.8, 4) is 11.5 Å². The number of halogens is 2. The average molecular weight is 493 g/mol. The van der Waals surface area contributed by atoms with Crippen molar-refractivity contribution in [1.82, 2.24) is 4.90 Å². The van der Waals surface area contributed by atoms with Gasteiger partial charge in [-0.05, 0) is 55.7 Å². The summed E-state index contributed by atoms with van der Waals surface area (Å²) in [6, 6.07) is 10.5. The van der Waals surface area contributed by atoms with Gasteiger partial charge in [-0.15, -0.1) is 0 Å². The lowest BCUT2D eigenvalue weighted by molar-refractivity contribution is -0.135. The van der Waals surface area contributed by atoms with E-state index in [0.29, 0.717) is 34.4 Å². The molecule has 6 nitrogen and oxygen atoms in total. The van der Waals surface area contributed by atoms with E-state index < -0.39 is 5.60 Å². The highest BCUT2D eigenvalue weighted by molar-refractivity contribution is 6.36. The largest absolute Gasteiger partial charge is 0.497 e. The van der Waals surface area contributed by atoms with E-state index in [4.69, 9.17) is 32.7 Å². The number of carbonyl (C=O) groups excluding carboxylic acids is 1. The maximum absolute atomic E-state index is 13.0. The van der Waals surface area contributed by atoms with Crippen molar-refractivity contribution in [2.24, 2.45) is 5.92 Å². The summed E-state index contributed by atoms with van der Waals surface area (Å²) in [4.78, 5) is 15.2. The van der Waals surface area contributed by atoms with Gasteiger partial charge in [0, 0.05) is 29.1 Å². The number of likely N-dealkylation sites (tertiary alicyclic amines) is 1. The van der Waals surface area contributed by atoms with Gasteiger partial charge in [-0.3, -0.25) is 9.69 Å². The number of nitrogens with zero attached hydrogens (tertiary/aromatic N) is 1. The summed E-state index contributed by atoms with van der Waals surface area (Å²) in [6.07, 6.45) is 4.37. The van der Waals surface area contributed by atoms with E-state index in [1.807, 2.05) is 18.2 Å². The van der Waals surface area contributed by atoms with Crippen molar-refractivity contribution in [2.75, 3.05) is 32.6 Å². The first-order valence-electron chi connectivity index (χ1n) is 11.3. The number of hydrogen-bond acceptors (Lipinski definition) is 5. The Morgan fingerprint density at radius 2 is 1.97 bits per heavy atom. The second-order valence-electron chi connectivity index (χ2n) is 8.90. The van der Waals surface area contributed by atoms with Gasteiger partial charge in [-0.1, -0.05) is 36.0 Å². The first-order valence-corrected chi connectivity index (χ1v) is 12.0. The van der Waals surface area contributed by atoms with Gasteiger partial charge in [0.05, 0.1) is 37.1 Å². The topological polar surface area (TPSA) is 71.0 Å². The van der Waals surface area contributed by atoms with E-state index in [2.05, 4.69) is 10.2 Å². The molecule has 0 bridgehead atoms. The summed E-state index contributed by atoms with van der Waals surface area (Å²) < 4.78 is 11.2. The number of rotatable bonds is 6. The third-order valence-corrected chi connectivity index (χ3v) is 7.53. The van der Waals surface area contributed by atoms with Crippen LogP contribution in [0.5, 0.6) is 11.5 Å². The number of ether oxygens (including phenoxy) is 2. The van der Waals surface area contributed by atoms with Crippen molar-refractivity contribution in [3.63, 3.8) is 0 Å². The molecular formula is C25H30Cl2N2O4. The van der Waals surface area contributed by atoms with Gasteiger partial charge in [0.1, 0.15) is 11.5 Å². The SMILES string of the molecule is COc1ccc(OC)c([C@@H]2[C@@H]3CCCC[C@]3(O)CCN2CC(=O)Nc2ccc(Cl)cc2Cl)c1. The molecule has 0 aromatic heterocycles. The summed E-state index contributed by atoms with van der Waals surface area (Å²) in [6.45, 7) is 0.760. The molecule has 0 unspecified atom stereocenters. The molecule has 2 N–H and O–H groups in total. The third kappa shape index (κ3) is 5.09. The lowest BCUT2D eigenvalue weighted by Crippen LogP contribution is -2.56. The van der Waals surface area contributed by atoms with Crippen molar-refractivity contribution in [3.05, 3.63) is 52.0 Å². The van der Waals surface area contributed by atoms with Crippen LogP contribution >= 0.6 is 23.2 Å². The fourth-order valence-electron chi connectivity index (χ4n) is 5.37. The molecule has 2 aliphatic rings. The quantitative estimate of drug-likeness (QED) is 0.570. The molecular weight excluding hydrogens is 463 g/mol. The molecule has 2 aromatic rings. The van der Waals surface area contributed by atoms with Crippen LogP contribution in [0.15, 0.2) is 36.4 Å². The molecule has 1 amide bonds. The predicted molar refractivity (Wildman–Crippen MR) is 130 cm³/mol. The van der Waals surface area contributed by atoms with Crippen molar-refractivity contribution < 1.29 is 19.4 Å². The normalized spacial score (nSPS) is 25.2. The molecule has 1 heterocycles. The molecule has 3 atom stereocenters. The van der Waals surface area contributed by atoms with E-state index in [1.165, 1.54) is 0 Å². The molecule has 4 rings (SSSR count). The van der Waals surface area contributed by atoms with Gasteiger partial charge in [0.25, 0.3) is 0 Å². The first-order chi connectivity index (χ1) is 15.8. The number of nitrogens with one attached hydrogen (secondary N) is 1. The molecule has 33 heavy (non-hydrogen) atoms. The van der Waals surface area contributed by atoms with Crippen LogP contribution in [-0.2, 0) is 4.79 Å². The number of hydrogen-bond donors (Lipinski definition) is 2. The van der Waals surface area contributed by atoms with Crippen LogP contribution < -0.4 is 14.8 Å². The molecule has 0 spiro atoms. The van der Waals surface area contributed by atoms with E-state index in [-0.39, 0.29) is 24.4 Å². The van der Waals surface area contributed by atoms with Crippen LogP contribution in [0.3, 0.4) is 0 Å². The van der Waals surface area contributed by atoms with Crippen LogP contribution in [0.25, 0.3) is 0 Å². The number of methoxy groups -OCH3 is 2. The predicted octanol–water partition coefficient (Wildman–Crippen LogP) is 5.32. The number of piperidine rings is 1. The zero-order valence-corrected chi connectivity index (χ0v) is 20.5. The molecule has 1 saturated heterocycles. The summed E-state index contributed by atoms with van der Waals surface area (Å²) in [5.74, 6) is 1.26. The minimum atomic E-state index is -0.747. The zero-order valence-electron chi connectivity index (χ0n) is 18.9. The highest BCUT2D eigenvalue weighted by atomic mass is 35.5. The number of anilines is 1. The Balaban J connectivity index is 1.65. The molecule has 2 fully saturated rings. The van der Waals surface area contributed by atoms with Gasteiger partial charge in [-0.25, -0.2) is 0 Å². The van der Waals surface area contributed by atoms with Crippen molar-refractivity contribution >= 4 is 34.8 Å². The Kier molecular flexibility index (Phi) is 7.39. The number of benzene rings is 2. The fraction of sp³-hybridized carbons (Fsp3) is 0.480. The van der Waals surface area contributed by atoms with Gasteiger partial charge < -0.3 is 19.9 Å². The van der Waals surface area contributed by atoms with E-state index in [0.717, 1.165) is 37.0 Å². The van der Waals surface area contributed by atoms with Crippen molar-refractivity contribution in [2.45, 2.75) is 43.7 Å². The molecule has 1 aliphatic heterocycles. The Morgan fingerprint density at radius 3 is 2.70 bits per heavy atom. The molecule has 1 aliphatic carbocycles. The Bertz CT molecular complexity index is 1020. The highest BCUT2D eigenvalue weighted by Crippen LogP contribution is 2.51. The van der Waals surface area contributed by atoms with Gasteiger partial charge in [-0.2, -0.15) is 0 Å².